The fourth-order valence-electron chi connectivity index (χ4n) is 4.92. The third-order valence-corrected chi connectivity index (χ3v) is 7.93. The molecule has 11 heteroatoms. The van der Waals surface area contributed by atoms with Crippen molar-refractivity contribution in [2.75, 3.05) is 18.8 Å². The van der Waals surface area contributed by atoms with Crippen molar-refractivity contribution in [2.24, 2.45) is 0 Å². The number of hydrogen-bond acceptors (Lipinski definition) is 6. The second-order valence-electron chi connectivity index (χ2n) is 8.95. The van der Waals surface area contributed by atoms with E-state index in [1.165, 1.54) is 10.9 Å². The third-order valence-electron chi connectivity index (χ3n) is 6.79. The molecule has 1 N–H and O–H groups in total. The summed E-state index contributed by atoms with van der Waals surface area (Å²) in [5.41, 5.74) is 2.14. The quantitative estimate of drug-likeness (QED) is 0.538. The average Bonchev–Trinajstić information content (AvgIpc) is 3.03. The minimum atomic E-state index is -4.72. The van der Waals surface area contributed by atoms with E-state index in [2.05, 4.69) is 0 Å². The van der Waals surface area contributed by atoms with Crippen LogP contribution < -0.4 is 10.4 Å². The summed E-state index contributed by atoms with van der Waals surface area (Å²) in [6.07, 6.45) is -3.39. The summed E-state index contributed by atoms with van der Waals surface area (Å²) in [4.78, 5) is 27.2. The van der Waals surface area contributed by atoms with Gasteiger partial charge in [0.05, 0.1) is 12.6 Å². The Labute approximate surface area is 215 Å². The molecule has 0 unspecified atom stereocenters. The molecule has 1 amide bonds. The molecule has 3 heterocycles. The highest BCUT2D eigenvalue weighted by Gasteiger charge is 2.47. The van der Waals surface area contributed by atoms with Gasteiger partial charge in [-0.05, 0) is 35.2 Å². The number of hydrogen-bond donors (Lipinski definition) is 1. The van der Waals surface area contributed by atoms with Crippen molar-refractivity contribution in [3.63, 3.8) is 0 Å². The van der Waals surface area contributed by atoms with Crippen molar-refractivity contribution < 1.29 is 27.8 Å². The van der Waals surface area contributed by atoms with E-state index in [0.29, 0.717) is 10.7 Å². The molecule has 5 rings (SSSR count). The highest BCUT2D eigenvalue weighted by molar-refractivity contribution is 7.98. The molecule has 2 aliphatic rings. The number of halogens is 3. The average molecular weight is 532 g/mol. The Morgan fingerprint density at radius 1 is 1.14 bits per heavy atom. The molecule has 0 radical (unpaired) electrons. The number of pyridine rings is 1. The lowest BCUT2D eigenvalue weighted by Gasteiger charge is -2.46. The molecule has 0 fully saturated rings. The standard InChI is InChI=1S/C26H24F3N3O4S/c1-15(26(27,28)29)30-14-32(31-11-10-19(33)24(34)23(31)25(30)35)22-18-8-3-4-9-20(18)37-13-17-7-5-6-16(12-36-2)21(17)22/h3-11,15,22,34H,12-14H2,1-2H3/t15-,22+/m1/s1. The van der Waals surface area contributed by atoms with E-state index < -0.39 is 47.7 Å². The van der Waals surface area contributed by atoms with E-state index >= 15 is 0 Å². The van der Waals surface area contributed by atoms with Gasteiger partial charge in [0.15, 0.2) is 11.4 Å². The number of benzene rings is 2. The molecular weight excluding hydrogens is 507 g/mol. The van der Waals surface area contributed by atoms with Gasteiger partial charge in [0.25, 0.3) is 5.91 Å². The molecule has 0 saturated carbocycles. The lowest BCUT2D eigenvalue weighted by molar-refractivity contribution is -0.173. The van der Waals surface area contributed by atoms with Crippen LogP contribution in [0.2, 0.25) is 0 Å². The molecule has 0 bridgehead atoms. The number of aromatic nitrogens is 1. The van der Waals surface area contributed by atoms with Crippen LogP contribution in [0.1, 0.15) is 45.7 Å². The Hall–Kier alpha value is -3.44. The number of carbonyl (C=O) groups is 1. The van der Waals surface area contributed by atoms with Crippen LogP contribution >= 0.6 is 11.8 Å². The second kappa shape index (κ2) is 9.46. The third kappa shape index (κ3) is 4.25. The Kier molecular flexibility index (Phi) is 6.45. The van der Waals surface area contributed by atoms with Crippen molar-refractivity contribution in [1.29, 1.82) is 0 Å². The van der Waals surface area contributed by atoms with Crippen LogP contribution in [-0.4, -0.2) is 46.6 Å². The van der Waals surface area contributed by atoms with Gasteiger partial charge in [-0.3, -0.25) is 19.3 Å². The number of rotatable bonds is 4. The molecule has 0 saturated heterocycles. The topological polar surface area (TPSA) is 75.0 Å². The molecule has 194 valence electrons. The number of thioether (sulfide) groups is 1. The summed E-state index contributed by atoms with van der Waals surface area (Å²) in [5, 5.41) is 12.2. The number of aromatic hydroxyl groups is 1. The summed E-state index contributed by atoms with van der Waals surface area (Å²) in [6.45, 7) is 0.731. The van der Waals surface area contributed by atoms with Crippen molar-refractivity contribution in [3.05, 3.63) is 92.9 Å². The molecule has 3 aromatic rings. The fraction of sp³-hybridized carbons (Fsp3) is 0.308. The molecular formula is C26H24F3N3O4S. The maximum Gasteiger partial charge on any atom is 0.408 e. The maximum atomic E-state index is 13.9. The van der Waals surface area contributed by atoms with Gasteiger partial charge in [0.1, 0.15) is 12.7 Å². The molecule has 2 aromatic carbocycles. The van der Waals surface area contributed by atoms with Gasteiger partial charge >= 0.3 is 6.18 Å². The predicted molar refractivity (Wildman–Crippen MR) is 132 cm³/mol. The molecule has 2 atom stereocenters. The van der Waals surface area contributed by atoms with Crippen LogP contribution in [0.15, 0.2) is 64.4 Å². The Bertz CT molecular complexity index is 1420. The molecule has 7 nitrogen and oxygen atoms in total. The minimum absolute atomic E-state index is 0.268. The lowest BCUT2D eigenvalue weighted by atomic mass is 9.90. The van der Waals surface area contributed by atoms with Crippen molar-refractivity contribution in [1.82, 2.24) is 9.58 Å². The number of ether oxygens (including phenoxy) is 1. The summed E-state index contributed by atoms with van der Waals surface area (Å²) < 4.78 is 48.4. The number of nitrogens with zero attached hydrogens (tertiary/aromatic N) is 3. The zero-order valence-electron chi connectivity index (χ0n) is 20.0. The zero-order valence-corrected chi connectivity index (χ0v) is 20.8. The molecule has 1 aromatic heterocycles. The van der Waals surface area contributed by atoms with E-state index in [1.807, 2.05) is 42.5 Å². The van der Waals surface area contributed by atoms with E-state index in [4.69, 9.17) is 4.74 Å². The molecule has 2 aliphatic heterocycles. The summed E-state index contributed by atoms with van der Waals surface area (Å²) in [7, 11) is 1.57. The van der Waals surface area contributed by atoms with Crippen LogP contribution in [0.5, 0.6) is 5.75 Å². The SMILES string of the molecule is COCc1cccc2c1[C@@H](N1CN([C@H](C)C(F)(F)F)C(=O)c3c(O)c(=O)ccn31)c1ccccc1SC2. The van der Waals surface area contributed by atoms with Gasteiger partial charge < -0.3 is 14.7 Å². The van der Waals surface area contributed by atoms with Crippen molar-refractivity contribution in [3.8, 4) is 5.75 Å². The van der Waals surface area contributed by atoms with Gasteiger partial charge in [0, 0.05) is 30.0 Å². The summed E-state index contributed by atoms with van der Waals surface area (Å²) in [6, 6.07) is 11.7. The normalized spacial score (nSPS) is 18.1. The Morgan fingerprint density at radius 3 is 2.62 bits per heavy atom. The number of amides is 1. The number of alkyl halides is 3. The fourth-order valence-corrected chi connectivity index (χ4v) is 6.00. The molecule has 0 spiro atoms. The second-order valence-corrected chi connectivity index (χ2v) is 9.96. The van der Waals surface area contributed by atoms with E-state index in [-0.39, 0.29) is 6.61 Å². The minimum Gasteiger partial charge on any atom is -0.502 e. The van der Waals surface area contributed by atoms with Gasteiger partial charge in [-0.25, -0.2) is 0 Å². The van der Waals surface area contributed by atoms with Gasteiger partial charge in [-0.15, -0.1) is 11.8 Å². The van der Waals surface area contributed by atoms with Gasteiger partial charge in [0.2, 0.25) is 5.43 Å². The number of carbonyl (C=O) groups excluding carboxylic acids is 1. The smallest absolute Gasteiger partial charge is 0.408 e. The molecule has 0 aliphatic carbocycles. The first-order valence-electron chi connectivity index (χ1n) is 11.5. The van der Waals surface area contributed by atoms with Crippen LogP contribution in [0.4, 0.5) is 13.2 Å². The van der Waals surface area contributed by atoms with Gasteiger partial charge in [-0.2, -0.15) is 13.2 Å². The first-order valence-corrected chi connectivity index (χ1v) is 12.5. The van der Waals surface area contributed by atoms with Crippen LogP contribution in [0, 0.1) is 0 Å². The van der Waals surface area contributed by atoms with E-state index in [9.17, 15) is 27.9 Å². The lowest BCUT2D eigenvalue weighted by Crippen LogP contribution is -2.60. The van der Waals surface area contributed by atoms with Gasteiger partial charge in [-0.1, -0.05) is 36.4 Å². The Balaban J connectivity index is 1.81. The number of fused-ring (bicyclic) bond motifs is 3. The van der Waals surface area contributed by atoms with E-state index in [1.54, 1.807) is 23.9 Å². The zero-order chi connectivity index (χ0) is 26.5. The van der Waals surface area contributed by atoms with Crippen LogP contribution in [0.3, 0.4) is 0 Å². The highest BCUT2D eigenvalue weighted by atomic mass is 32.2. The van der Waals surface area contributed by atoms with Crippen LogP contribution in [0.25, 0.3) is 0 Å². The van der Waals surface area contributed by atoms with E-state index in [0.717, 1.165) is 40.1 Å². The monoisotopic (exact) mass is 531 g/mol. The number of methoxy groups -OCH3 is 1. The largest absolute Gasteiger partial charge is 0.502 e. The first kappa shape index (κ1) is 25.2. The summed E-state index contributed by atoms with van der Waals surface area (Å²) >= 11 is 1.61. The highest BCUT2D eigenvalue weighted by Crippen LogP contribution is 2.44. The van der Waals surface area contributed by atoms with Crippen LogP contribution in [-0.2, 0) is 17.1 Å². The maximum absolute atomic E-state index is 13.9. The predicted octanol–water partition coefficient (Wildman–Crippen LogP) is 4.40. The molecule has 37 heavy (non-hydrogen) atoms. The summed E-state index contributed by atoms with van der Waals surface area (Å²) in [5.74, 6) is -1.34. The first-order chi connectivity index (χ1) is 17.6. The van der Waals surface area contributed by atoms with Crippen molar-refractivity contribution >= 4 is 17.7 Å². The Morgan fingerprint density at radius 2 is 1.89 bits per heavy atom. The van der Waals surface area contributed by atoms with Crippen molar-refractivity contribution in [2.45, 2.75) is 42.4 Å².